The molecule has 0 saturated heterocycles. The third-order valence-corrected chi connectivity index (χ3v) is 3.16. The SMILES string of the molecule is CC1=C(c2cccc(C)c2)C=CC(N)N1C. The van der Waals surface area contributed by atoms with Crippen LogP contribution in [-0.4, -0.2) is 18.1 Å². The summed E-state index contributed by atoms with van der Waals surface area (Å²) < 4.78 is 0. The minimum atomic E-state index is -0.00596. The molecule has 0 radical (unpaired) electrons. The molecule has 0 spiro atoms. The maximum absolute atomic E-state index is 5.94. The molecule has 1 heterocycles. The molecule has 84 valence electrons. The molecule has 0 bridgehead atoms. The summed E-state index contributed by atoms with van der Waals surface area (Å²) in [5, 5.41) is 0. The predicted octanol–water partition coefficient (Wildman–Crippen LogP) is 2.51. The Morgan fingerprint density at radius 2 is 2.00 bits per heavy atom. The highest BCUT2D eigenvalue weighted by molar-refractivity contribution is 5.77. The van der Waals surface area contributed by atoms with Gasteiger partial charge in [-0.3, -0.25) is 0 Å². The first kappa shape index (κ1) is 11.0. The van der Waals surface area contributed by atoms with Crippen LogP contribution in [0.2, 0.25) is 0 Å². The maximum Gasteiger partial charge on any atom is 0.0959 e. The summed E-state index contributed by atoms with van der Waals surface area (Å²) >= 11 is 0. The first-order valence-electron chi connectivity index (χ1n) is 5.54. The van der Waals surface area contributed by atoms with Crippen molar-refractivity contribution in [2.24, 2.45) is 5.73 Å². The second-order valence-corrected chi connectivity index (χ2v) is 4.33. The van der Waals surface area contributed by atoms with Crippen molar-refractivity contribution in [1.29, 1.82) is 0 Å². The van der Waals surface area contributed by atoms with E-state index in [2.05, 4.69) is 49.1 Å². The first-order valence-corrected chi connectivity index (χ1v) is 5.54. The van der Waals surface area contributed by atoms with Crippen LogP contribution in [0.25, 0.3) is 5.57 Å². The number of hydrogen-bond acceptors (Lipinski definition) is 2. The van der Waals surface area contributed by atoms with Crippen molar-refractivity contribution in [3.8, 4) is 0 Å². The standard InChI is InChI=1S/C14H18N2/c1-10-5-4-6-12(9-10)13-7-8-14(15)16(3)11(13)2/h4-9,14H,15H2,1-3H3. The second-order valence-electron chi connectivity index (χ2n) is 4.33. The van der Waals surface area contributed by atoms with Crippen molar-refractivity contribution in [2.45, 2.75) is 20.0 Å². The van der Waals surface area contributed by atoms with Crippen LogP contribution in [0.1, 0.15) is 18.1 Å². The molecule has 1 unspecified atom stereocenters. The Labute approximate surface area is 97.1 Å². The zero-order valence-corrected chi connectivity index (χ0v) is 10.1. The van der Waals surface area contributed by atoms with E-state index in [0.717, 1.165) is 0 Å². The van der Waals surface area contributed by atoms with Crippen LogP contribution in [0.15, 0.2) is 42.1 Å². The Morgan fingerprint density at radius 1 is 1.25 bits per heavy atom. The van der Waals surface area contributed by atoms with E-state index >= 15 is 0 Å². The van der Waals surface area contributed by atoms with Gasteiger partial charge in [-0.1, -0.05) is 35.9 Å². The summed E-state index contributed by atoms with van der Waals surface area (Å²) in [7, 11) is 2.03. The number of nitrogens with two attached hydrogens (primary N) is 1. The molecule has 0 amide bonds. The molecule has 1 aliphatic heterocycles. The molecule has 0 saturated carbocycles. The fraction of sp³-hybridized carbons (Fsp3) is 0.286. The summed E-state index contributed by atoms with van der Waals surface area (Å²) in [5.74, 6) is 0. The molecule has 2 heteroatoms. The lowest BCUT2D eigenvalue weighted by Crippen LogP contribution is -2.38. The van der Waals surface area contributed by atoms with Gasteiger partial charge in [0.25, 0.3) is 0 Å². The zero-order chi connectivity index (χ0) is 11.7. The average molecular weight is 214 g/mol. The summed E-state index contributed by atoms with van der Waals surface area (Å²) in [5.41, 5.74) is 11.0. The first-order chi connectivity index (χ1) is 7.59. The molecular weight excluding hydrogens is 196 g/mol. The summed E-state index contributed by atoms with van der Waals surface area (Å²) in [6.45, 7) is 4.22. The van der Waals surface area contributed by atoms with Gasteiger partial charge in [0.05, 0.1) is 6.17 Å². The molecule has 2 N–H and O–H groups in total. The highest BCUT2D eigenvalue weighted by atomic mass is 15.2. The van der Waals surface area contributed by atoms with E-state index in [1.165, 1.54) is 22.4 Å². The molecule has 2 nitrogen and oxygen atoms in total. The van der Waals surface area contributed by atoms with E-state index in [1.54, 1.807) is 0 Å². The van der Waals surface area contributed by atoms with Crippen LogP contribution in [0.5, 0.6) is 0 Å². The molecular formula is C14H18N2. The highest BCUT2D eigenvalue weighted by Gasteiger charge is 2.15. The Balaban J connectivity index is 2.45. The maximum atomic E-state index is 5.94. The Hall–Kier alpha value is -1.54. The molecule has 16 heavy (non-hydrogen) atoms. The number of rotatable bonds is 1. The molecule has 1 aromatic carbocycles. The Kier molecular flexibility index (Phi) is 2.84. The van der Waals surface area contributed by atoms with E-state index in [9.17, 15) is 0 Å². The van der Waals surface area contributed by atoms with Crippen LogP contribution < -0.4 is 5.73 Å². The van der Waals surface area contributed by atoms with Crippen molar-refractivity contribution in [3.05, 3.63) is 53.2 Å². The Bertz CT molecular complexity index is 458. The van der Waals surface area contributed by atoms with Crippen LogP contribution in [0.3, 0.4) is 0 Å². The van der Waals surface area contributed by atoms with Crippen molar-refractivity contribution >= 4 is 5.57 Å². The minimum Gasteiger partial charge on any atom is -0.359 e. The van der Waals surface area contributed by atoms with E-state index in [4.69, 9.17) is 5.73 Å². The van der Waals surface area contributed by atoms with Crippen LogP contribution in [0, 0.1) is 6.92 Å². The fourth-order valence-corrected chi connectivity index (χ4v) is 1.98. The van der Waals surface area contributed by atoms with Gasteiger partial charge in [-0.25, -0.2) is 0 Å². The summed E-state index contributed by atoms with van der Waals surface area (Å²) in [4.78, 5) is 2.09. The number of benzene rings is 1. The van der Waals surface area contributed by atoms with Gasteiger partial charge < -0.3 is 10.6 Å². The van der Waals surface area contributed by atoms with Crippen LogP contribution in [-0.2, 0) is 0 Å². The number of aryl methyl sites for hydroxylation is 1. The number of hydrogen-bond donors (Lipinski definition) is 1. The van der Waals surface area contributed by atoms with Gasteiger partial charge in [0.2, 0.25) is 0 Å². The van der Waals surface area contributed by atoms with Gasteiger partial charge in [0.1, 0.15) is 0 Å². The molecule has 1 aliphatic rings. The lowest BCUT2D eigenvalue weighted by Gasteiger charge is -2.30. The second kappa shape index (κ2) is 4.14. The fourth-order valence-electron chi connectivity index (χ4n) is 1.98. The van der Waals surface area contributed by atoms with Gasteiger partial charge in [-0.05, 0) is 25.5 Å². The van der Waals surface area contributed by atoms with Gasteiger partial charge in [0.15, 0.2) is 0 Å². The third kappa shape index (κ3) is 1.89. The number of allylic oxidation sites excluding steroid dienone is 3. The van der Waals surface area contributed by atoms with Gasteiger partial charge in [-0.2, -0.15) is 0 Å². The van der Waals surface area contributed by atoms with E-state index in [0.29, 0.717) is 0 Å². The van der Waals surface area contributed by atoms with E-state index < -0.39 is 0 Å². The summed E-state index contributed by atoms with van der Waals surface area (Å²) in [6, 6.07) is 8.55. The van der Waals surface area contributed by atoms with Crippen molar-refractivity contribution < 1.29 is 0 Å². The topological polar surface area (TPSA) is 29.3 Å². The minimum absolute atomic E-state index is 0.00596. The smallest absolute Gasteiger partial charge is 0.0959 e. The lowest BCUT2D eigenvalue weighted by molar-refractivity contribution is 0.359. The summed E-state index contributed by atoms with van der Waals surface area (Å²) in [6.07, 6.45) is 4.15. The molecule has 1 aromatic rings. The zero-order valence-electron chi connectivity index (χ0n) is 10.1. The van der Waals surface area contributed by atoms with Gasteiger partial charge in [-0.15, -0.1) is 0 Å². The molecule has 2 rings (SSSR count). The van der Waals surface area contributed by atoms with Gasteiger partial charge >= 0.3 is 0 Å². The lowest BCUT2D eigenvalue weighted by atomic mass is 9.98. The average Bonchev–Trinajstić information content (AvgIpc) is 2.26. The molecule has 0 aromatic heterocycles. The molecule has 0 fully saturated rings. The van der Waals surface area contributed by atoms with E-state index in [1.807, 2.05) is 13.1 Å². The monoisotopic (exact) mass is 214 g/mol. The highest BCUT2D eigenvalue weighted by Crippen LogP contribution is 2.26. The van der Waals surface area contributed by atoms with Crippen molar-refractivity contribution in [1.82, 2.24) is 4.90 Å². The quantitative estimate of drug-likeness (QED) is 0.778. The number of nitrogens with zero attached hydrogens (tertiary/aromatic N) is 1. The van der Waals surface area contributed by atoms with Crippen LogP contribution in [0.4, 0.5) is 0 Å². The van der Waals surface area contributed by atoms with Crippen LogP contribution >= 0.6 is 0 Å². The normalized spacial score (nSPS) is 20.5. The van der Waals surface area contributed by atoms with Gasteiger partial charge in [0, 0.05) is 18.3 Å². The molecule has 0 aliphatic carbocycles. The number of likely N-dealkylation sites (N-methyl/N-ethyl adjacent to an activating group) is 1. The van der Waals surface area contributed by atoms with E-state index in [-0.39, 0.29) is 6.17 Å². The van der Waals surface area contributed by atoms with Crippen molar-refractivity contribution in [2.75, 3.05) is 7.05 Å². The van der Waals surface area contributed by atoms with Crippen molar-refractivity contribution in [3.63, 3.8) is 0 Å². The Morgan fingerprint density at radius 3 is 2.69 bits per heavy atom. The predicted molar refractivity (Wildman–Crippen MR) is 68.7 cm³/mol. The third-order valence-electron chi connectivity index (χ3n) is 3.16. The largest absolute Gasteiger partial charge is 0.359 e. The molecule has 1 atom stereocenters.